The molecule has 0 fully saturated rings. The Labute approximate surface area is 98.0 Å². The van der Waals surface area contributed by atoms with Crippen LogP contribution in [0.5, 0.6) is 0 Å². The van der Waals surface area contributed by atoms with Crippen LogP contribution in [0.25, 0.3) is 0 Å². The third-order valence-electron chi connectivity index (χ3n) is 2.19. The van der Waals surface area contributed by atoms with Crippen molar-refractivity contribution in [3.05, 3.63) is 0 Å². The molecule has 0 bridgehead atoms. The molecule has 2 N–H and O–H groups in total. The Bertz CT molecular complexity index is 125. The lowest BCUT2D eigenvalue weighted by Crippen LogP contribution is -2.30. The van der Waals surface area contributed by atoms with Gasteiger partial charge in [-0.05, 0) is 31.4 Å². The highest BCUT2D eigenvalue weighted by molar-refractivity contribution is 7.98. The summed E-state index contributed by atoms with van der Waals surface area (Å²) in [5.74, 6) is 1.28. The molecule has 0 aliphatic heterocycles. The number of methoxy groups -OCH3 is 1. The molecule has 0 amide bonds. The number of aliphatic hydroxyl groups is 1. The summed E-state index contributed by atoms with van der Waals surface area (Å²) in [6.45, 7) is 2.05. The van der Waals surface area contributed by atoms with E-state index in [0.717, 1.165) is 6.54 Å². The predicted octanol–water partition coefficient (Wildman–Crippen LogP) is 1.51. The van der Waals surface area contributed by atoms with E-state index in [2.05, 4.69) is 11.6 Å². The molecule has 0 aromatic heterocycles. The molecule has 1 atom stereocenters. The Balaban J connectivity index is 2.98. The molecule has 0 aromatic rings. The molecule has 0 saturated carbocycles. The molecular weight excluding hydrogens is 210 g/mol. The van der Waals surface area contributed by atoms with Crippen LogP contribution in [-0.2, 0) is 4.74 Å². The zero-order valence-corrected chi connectivity index (χ0v) is 10.8. The second-order valence-electron chi connectivity index (χ2n) is 3.72. The van der Waals surface area contributed by atoms with Crippen molar-refractivity contribution < 1.29 is 9.84 Å². The van der Waals surface area contributed by atoms with Crippen molar-refractivity contribution in [2.75, 3.05) is 38.8 Å². The van der Waals surface area contributed by atoms with Gasteiger partial charge in [-0.1, -0.05) is 12.8 Å². The standard InChI is InChI=1S/C11H25NO2S/c1-14-10-11(13)9-12-7-5-3-4-6-8-15-2/h11-13H,3-10H2,1-2H3. The first kappa shape index (κ1) is 15.2. The number of aliphatic hydroxyl groups excluding tert-OH is 1. The summed E-state index contributed by atoms with van der Waals surface area (Å²) < 4.78 is 4.83. The smallest absolute Gasteiger partial charge is 0.0897 e. The van der Waals surface area contributed by atoms with Crippen molar-refractivity contribution in [1.82, 2.24) is 5.32 Å². The summed E-state index contributed by atoms with van der Waals surface area (Å²) >= 11 is 1.92. The van der Waals surface area contributed by atoms with E-state index in [4.69, 9.17) is 4.74 Å². The van der Waals surface area contributed by atoms with E-state index in [0.29, 0.717) is 13.2 Å². The third-order valence-corrected chi connectivity index (χ3v) is 2.89. The fraction of sp³-hybridized carbons (Fsp3) is 1.00. The van der Waals surface area contributed by atoms with Gasteiger partial charge < -0.3 is 15.2 Å². The maximum absolute atomic E-state index is 9.33. The van der Waals surface area contributed by atoms with E-state index in [-0.39, 0.29) is 6.10 Å². The molecule has 0 aliphatic rings. The highest BCUT2D eigenvalue weighted by Crippen LogP contribution is 2.03. The zero-order chi connectivity index (χ0) is 11.4. The summed E-state index contributed by atoms with van der Waals surface area (Å²) in [7, 11) is 1.61. The van der Waals surface area contributed by atoms with Crippen molar-refractivity contribution in [1.29, 1.82) is 0 Å². The second kappa shape index (κ2) is 12.3. The van der Waals surface area contributed by atoms with Crippen LogP contribution in [0.15, 0.2) is 0 Å². The Hall–Kier alpha value is 0.230. The molecule has 0 saturated heterocycles. The average Bonchev–Trinajstić information content (AvgIpc) is 2.22. The summed E-state index contributed by atoms with van der Waals surface area (Å²) in [5, 5.41) is 12.6. The Kier molecular flexibility index (Phi) is 12.5. The lowest BCUT2D eigenvalue weighted by atomic mass is 10.2. The molecule has 0 rings (SSSR count). The first-order chi connectivity index (χ1) is 7.31. The van der Waals surface area contributed by atoms with Crippen molar-refractivity contribution >= 4 is 11.8 Å². The topological polar surface area (TPSA) is 41.5 Å². The molecule has 0 aliphatic carbocycles. The Morgan fingerprint density at radius 1 is 1.27 bits per heavy atom. The molecule has 0 aromatic carbocycles. The summed E-state index contributed by atoms with van der Waals surface area (Å²) in [5.41, 5.74) is 0. The second-order valence-corrected chi connectivity index (χ2v) is 4.71. The van der Waals surface area contributed by atoms with E-state index in [1.807, 2.05) is 11.8 Å². The van der Waals surface area contributed by atoms with E-state index in [1.54, 1.807) is 7.11 Å². The average molecular weight is 235 g/mol. The van der Waals surface area contributed by atoms with Gasteiger partial charge >= 0.3 is 0 Å². The Morgan fingerprint density at radius 3 is 2.67 bits per heavy atom. The minimum absolute atomic E-state index is 0.369. The Morgan fingerprint density at radius 2 is 2.00 bits per heavy atom. The molecule has 15 heavy (non-hydrogen) atoms. The molecule has 0 spiro atoms. The first-order valence-electron chi connectivity index (χ1n) is 5.68. The van der Waals surface area contributed by atoms with Gasteiger partial charge in [0, 0.05) is 13.7 Å². The third kappa shape index (κ3) is 12.2. The predicted molar refractivity (Wildman–Crippen MR) is 67.6 cm³/mol. The minimum atomic E-state index is -0.369. The number of hydrogen-bond acceptors (Lipinski definition) is 4. The fourth-order valence-corrected chi connectivity index (χ4v) is 1.86. The van der Waals surface area contributed by atoms with Crippen LogP contribution in [-0.4, -0.2) is 50.0 Å². The van der Waals surface area contributed by atoms with Crippen LogP contribution in [0, 0.1) is 0 Å². The van der Waals surface area contributed by atoms with Gasteiger partial charge in [0.25, 0.3) is 0 Å². The number of hydrogen-bond donors (Lipinski definition) is 2. The lowest BCUT2D eigenvalue weighted by molar-refractivity contribution is 0.0646. The minimum Gasteiger partial charge on any atom is -0.389 e. The highest BCUT2D eigenvalue weighted by atomic mass is 32.2. The van der Waals surface area contributed by atoms with Gasteiger partial charge in [0.05, 0.1) is 12.7 Å². The fourth-order valence-electron chi connectivity index (χ4n) is 1.37. The number of unbranched alkanes of at least 4 members (excludes halogenated alkanes) is 3. The van der Waals surface area contributed by atoms with Gasteiger partial charge in [-0.2, -0.15) is 11.8 Å². The monoisotopic (exact) mass is 235 g/mol. The highest BCUT2D eigenvalue weighted by Gasteiger charge is 2.00. The summed E-state index contributed by atoms with van der Waals surface area (Å²) in [6.07, 6.45) is 6.92. The quantitative estimate of drug-likeness (QED) is 0.533. The summed E-state index contributed by atoms with van der Waals surface area (Å²) in [6, 6.07) is 0. The number of thioether (sulfide) groups is 1. The molecule has 92 valence electrons. The molecule has 1 unspecified atom stereocenters. The van der Waals surface area contributed by atoms with Crippen LogP contribution in [0.1, 0.15) is 25.7 Å². The van der Waals surface area contributed by atoms with Crippen LogP contribution < -0.4 is 5.32 Å². The first-order valence-corrected chi connectivity index (χ1v) is 7.07. The van der Waals surface area contributed by atoms with Crippen molar-refractivity contribution in [2.24, 2.45) is 0 Å². The van der Waals surface area contributed by atoms with Gasteiger partial charge in [-0.3, -0.25) is 0 Å². The van der Waals surface area contributed by atoms with Gasteiger partial charge in [-0.15, -0.1) is 0 Å². The van der Waals surface area contributed by atoms with Crippen molar-refractivity contribution in [2.45, 2.75) is 31.8 Å². The van der Waals surface area contributed by atoms with Crippen molar-refractivity contribution in [3.8, 4) is 0 Å². The normalized spacial score (nSPS) is 13.0. The summed E-state index contributed by atoms with van der Waals surface area (Å²) in [4.78, 5) is 0. The van der Waals surface area contributed by atoms with E-state index < -0.39 is 0 Å². The maximum Gasteiger partial charge on any atom is 0.0897 e. The van der Waals surface area contributed by atoms with Gasteiger partial charge in [0.1, 0.15) is 0 Å². The number of ether oxygens (including phenoxy) is 1. The maximum atomic E-state index is 9.33. The molecular formula is C11H25NO2S. The number of rotatable bonds is 11. The lowest BCUT2D eigenvalue weighted by Gasteiger charge is -2.10. The zero-order valence-electron chi connectivity index (χ0n) is 10.00. The van der Waals surface area contributed by atoms with Gasteiger partial charge in [0.2, 0.25) is 0 Å². The number of nitrogens with one attached hydrogen (secondary N) is 1. The van der Waals surface area contributed by atoms with Gasteiger partial charge in [-0.25, -0.2) is 0 Å². The van der Waals surface area contributed by atoms with Crippen LogP contribution in [0.3, 0.4) is 0 Å². The SMILES string of the molecule is COCC(O)CNCCCCCCSC. The van der Waals surface area contributed by atoms with Crippen LogP contribution >= 0.6 is 11.8 Å². The van der Waals surface area contributed by atoms with Crippen LogP contribution in [0.2, 0.25) is 0 Å². The van der Waals surface area contributed by atoms with Gasteiger partial charge in [0.15, 0.2) is 0 Å². The molecule has 0 heterocycles. The van der Waals surface area contributed by atoms with E-state index in [1.165, 1.54) is 31.4 Å². The largest absolute Gasteiger partial charge is 0.389 e. The molecule has 3 nitrogen and oxygen atoms in total. The molecule has 4 heteroatoms. The van der Waals surface area contributed by atoms with Crippen molar-refractivity contribution in [3.63, 3.8) is 0 Å². The van der Waals surface area contributed by atoms with Crippen LogP contribution in [0.4, 0.5) is 0 Å². The van der Waals surface area contributed by atoms with E-state index >= 15 is 0 Å². The molecule has 0 radical (unpaired) electrons. The van der Waals surface area contributed by atoms with E-state index in [9.17, 15) is 5.11 Å².